The van der Waals surface area contributed by atoms with E-state index in [-0.39, 0.29) is 0 Å². The van der Waals surface area contributed by atoms with Crippen LogP contribution in [0.25, 0.3) is 0 Å². The Bertz CT molecular complexity index is 342. The number of hydrogen-bond donors (Lipinski definition) is 1. The van der Waals surface area contributed by atoms with E-state index in [1.54, 1.807) is 0 Å². The summed E-state index contributed by atoms with van der Waals surface area (Å²) in [5, 5.41) is 3.11. The molecular weight excluding hydrogens is 270 g/mol. The summed E-state index contributed by atoms with van der Waals surface area (Å²) < 4.78 is 12.1. The van der Waals surface area contributed by atoms with Crippen molar-refractivity contribution in [3.63, 3.8) is 0 Å². The molecule has 1 aromatic carbocycles. The molecule has 1 N–H and O–H groups in total. The van der Waals surface area contributed by atoms with Gasteiger partial charge in [-0.05, 0) is 54.5 Å². The number of benzene rings is 1. The fourth-order valence-corrected chi connectivity index (χ4v) is 2.08. The Morgan fingerprint density at radius 3 is 2.44 bits per heavy atom. The maximum absolute atomic E-state index is 5.57. The summed E-state index contributed by atoms with van der Waals surface area (Å²) in [5.74, 6) is 1.58. The standard InChI is InChI=1S/C12H18BrNO2/c1-4-15-11-7-9(8-14-3)6-10(13)12(11)16-5-2/h6-7,14H,4-5,8H2,1-3H3. The van der Waals surface area contributed by atoms with E-state index in [1.165, 1.54) is 5.56 Å². The van der Waals surface area contributed by atoms with Gasteiger partial charge < -0.3 is 14.8 Å². The summed E-state index contributed by atoms with van der Waals surface area (Å²) in [4.78, 5) is 0. The lowest BCUT2D eigenvalue weighted by Crippen LogP contribution is -2.06. The van der Waals surface area contributed by atoms with Gasteiger partial charge in [0.2, 0.25) is 0 Å². The minimum absolute atomic E-state index is 0.629. The van der Waals surface area contributed by atoms with E-state index in [1.807, 2.05) is 33.0 Å². The third-order valence-corrected chi connectivity index (χ3v) is 2.63. The molecular formula is C12H18BrNO2. The maximum Gasteiger partial charge on any atom is 0.175 e. The monoisotopic (exact) mass is 287 g/mol. The largest absolute Gasteiger partial charge is 0.490 e. The molecule has 1 rings (SSSR count). The van der Waals surface area contributed by atoms with Gasteiger partial charge >= 0.3 is 0 Å². The van der Waals surface area contributed by atoms with Crippen molar-refractivity contribution in [2.45, 2.75) is 20.4 Å². The summed E-state index contributed by atoms with van der Waals surface area (Å²) in [6.07, 6.45) is 0. The maximum atomic E-state index is 5.57. The Morgan fingerprint density at radius 1 is 1.19 bits per heavy atom. The van der Waals surface area contributed by atoms with Gasteiger partial charge in [0.1, 0.15) is 0 Å². The Kier molecular flexibility index (Phi) is 5.63. The van der Waals surface area contributed by atoms with Crippen LogP contribution in [0.1, 0.15) is 19.4 Å². The van der Waals surface area contributed by atoms with Gasteiger partial charge in [0.25, 0.3) is 0 Å². The molecule has 0 spiro atoms. The molecule has 3 nitrogen and oxygen atoms in total. The number of halogens is 1. The van der Waals surface area contributed by atoms with Crippen molar-refractivity contribution in [1.82, 2.24) is 5.32 Å². The Hall–Kier alpha value is -0.740. The van der Waals surface area contributed by atoms with Crippen LogP contribution in [0.5, 0.6) is 11.5 Å². The molecule has 0 aliphatic rings. The quantitative estimate of drug-likeness (QED) is 0.873. The fraction of sp³-hybridized carbons (Fsp3) is 0.500. The predicted molar refractivity (Wildman–Crippen MR) is 69.2 cm³/mol. The number of ether oxygens (including phenoxy) is 2. The third kappa shape index (κ3) is 3.39. The molecule has 0 aromatic heterocycles. The first-order valence-corrected chi connectivity index (χ1v) is 6.24. The van der Waals surface area contributed by atoms with Crippen LogP contribution in [0.3, 0.4) is 0 Å². The zero-order valence-corrected chi connectivity index (χ0v) is 11.6. The molecule has 0 saturated heterocycles. The van der Waals surface area contributed by atoms with Gasteiger partial charge in [-0.2, -0.15) is 0 Å². The van der Waals surface area contributed by atoms with Crippen LogP contribution >= 0.6 is 15.9 Å². The molecule has 0 saturated carbocycles. The highest BCUT2D eigenvalue weighted by Gasteiger charge is 2.11. The van der Waals surface area contributed by atoms with Crippen molar-refractivity contribution in [1.29, 1.82) is 0 Å². The number of hydrogen-bond acceptors (Lipinski definition) is 3. The van der Waals surface area contributed by atoms with Gasteiger partial charge in [-0.25, -0.2) is 0 Å². The van der Waals surface area contributed by atoms with E-state index in [4.69, 9.17) is 9.47 Å². The molecule has 4 heteroatoms. The first-order valence-electron chi connectivity index (χ1n) is 5.45. The second kappa shape index (κ2) is 6.76. The van der Waals surface area contributed by atoms with E-state index in [0.29, 0.717) is 13.2 Å². The lowest BCUT2D eigenvalue weighted by atomic mass is 10.2. The summed E-state index contributed by atoms with van der Waals surface area (Å²) >= 11 is 3.51. The van der Waals surface area contributed by atoms with Gasteiger partial charge in [-0.1, -0.05) is 0 Å². The summed E-state index contributed by atoms with van der Waals surface area (Å²) in [6, 6.07) is 4.06. The van der Waals surface area contributed by atoms with Crippen LogP contribution in [-0.2, 0) is 6.54 Å². The van der Waals surface area contributed by atoms with Crippen LogP contribution in [0.15, 0.2) is 16.6 Å². The van der Waals surface area contributed by atoms with Crippen molar-refractivity contribution in [2.24, 2.45) is 0 Å². The predicted octanol–water partition coefficient (Wildman–Crippen LogP) is 2.97. The van der Waals surface area contributed by atoms with E-state index in [2.05, 4.69) is 21.2 Å². The molecule has 90 valence electrons. The molecule has 16 heavy (non-hydrogen) atoms. The van der Waals surface area contributed by atoms with Crippen molar-refractivity contribution >= 4 is 15.9 Å². The van der Waals surface area contributed by atoms with E-state index in [9.17, 15) is 0 Å². The van der Waals surface area contributed by atoms with Crippen molar-refractivity contribution in [3.05, 3.63) is 22.2 Å². The normalized spacial score (nSPS) is 10.2. The highest BCUT2D eigenvalue weighted by Crippen LogP contribution is 2.36. The van der Waals surface area contributed by atoms with Crippen molar-refractivity contribution in [2.75, 3.05) is 20.3 Å². The van der Waals surface area contributed by atoms with E-state index >= 15 is 0 Å². The van der Waals surface area contributed by atoms with Gasteiger partial charge in [0.15, 0.2) is 11.5 Å². The number of nitrogens with one attached hydrogen (secondary N) is 1. The second-order valence-electron chi connectivity index (χ2n) is 3.30. The van der Waals surface area contributed by atoms with Crippen molar-refractivity contribution < 1.29 is 9.47 Å². The smallest absolute Gasteiger partial charge is 0.175 e. The Morgan fingerprint density at radius 2 is 1.88 bits per heavy atom. The molecule has 0 fully saturated rings. The zero-order chi connectivity index (χ0) is 12.0. The second-order valence-corrected chi connectivity index (χ2v) is 4.16. The van der Waals surface area contributed by atoms with Crippen LogP contribution in [0.2, 0.25) is 0 Å². The average Bonchev–Trinajstić information content (AvgIpc) is 2.24. The first-order chi connectivity index (χ1) is 7.72. The van der Waals surface area contributed by atoms with Crippen LogP contribution in [0, 0.1) is 0 Å². The van der Waals surface area contributed by atoms with Gasteiger partial charge in [0.05, 0.1) is 17.7 Å². The fourth-order valence-electron chi connectivity index (χ4n) is 1.47. The SMILES string of the molecule is CCOc1cc(CNC)cc(Br)c1OCC. The average molecular weight is 288 g/mol. The van der Waals surface area contributed by atoms with Gasteiger partial charge in [-0.3, -0.25) is 0 Å². The van der Waals surface area contributed by atoms with Crippen molar-refractivity contribution in [3.8, 4) is 11.5 Å². The first kappa shape index (κ1) is 13.3. The van der Waals surface area contributed by atoms with Crippen LogP contribution in [-0.4, -0.2) is 20.3 Å². The molecule has 0 aliphatic heterocycles. The molecule has 0 bridgehead atoms. The highest BCUT2D eigenvalue weighted by molar-refractivity contribution is 9.10. The Labute approximate surface area is 105 Å². The number of rotatable bonds is 6. The summed E-state index contributed by atoms with van der Waals surface area (Å²) in [7, 11) is 1.92. The third-order valence-electron chi connectivity index (χ3n) is 2.04. The summed E-state index contributed by atoms with van der Waals surface area (Å²) in [6.45, 7) is 6.00. The molecule has 0 unspecified atom stereocenters. The van der Waals surface area contributed by atoms with Gasteiger partial charge in [0, 0.05) is 6.54 Å². The summed E-state index contributed by atoms with van der Waals surface area (Å²) in [5.41, 5.74) is 1.17. The zero-order valence-electron chi connectivity index (χ0n) is 9.97. The molecule has 0 radical (unpaired) electrons. The molecule has 0 atom stereocenters. The van der Waals surface area contributed by atoms with Gasteiger partial charge in [-0.15, -0.1) is 0 Å². The molecule has 0 aliphatic carbocycles. The van der Waals surface area contributed by atoms with E-state index in [0.717, 1.165) is 22.5 Å². The highest BCUT2D eigenvalue weighted by atomic mass is 79.9. The molecule has 0 heterocycles. The molecule has 0 amide bonds. The lowest BCUT2D eigenvalue weighted by molar-refractivity contribution is 0.286. The van der Waals surface area contributed by atoms with E-state index < -0.39 is 0 Å². The Balaban J connectivity index is 3.05. The topological polar surface area (TPSA) is 30.5 Å². The lowest BCUT2D eigenvalue weighted by Gasteiger charge is -2.14. The molecule has 1 aromatic rings. The minimum atomic E-state index is 0.629. The minimum Gasteiger partial charge on any atom is -0.490 e. The van der Waals surface area contributed by atoms with Crippen LogP contribution in [0.4, 0.5) is 0 Å². The van der Waals surface area contributed by atoms with Crippen LogP contribution < -0.4 is 14.8 Å².